The minimum Gasteiger partial charge on any atom is -0.494 e. The largest absolute Gasteiger partial charge is 0.494 e. The minimum absolute atomic E-state index is 0.140. The first kappa shape index (κ1) is 33.2. The van der Waals surface area contributed by atoms with Crippen LogP contribution in [0.5, 0.6) is 11.5 Å². The molecule has 0 saturated carbocycles. The summed E-state index contributed by atoms with van der Waals surface area (Å²) in [5.74, 6) is 1.11. The first-order chi connectivity index (χ1) is 18.5. The zero-order valence-corrected chi connectivity index (χ0v) is 24.1. The van der Waals surface area contributed by atoms with E-state index in [4.69, 9.17) is 15.2 Å². The molecule has 6 N–H and O–H groups in total. The van der Waals surface area contributed by atoms with Gasteiger partial charge in [0, 0.05) is 36.8 Å². The summed E-state index contributed by atoms with van der Waals surface area (Å²) < 4.78 is 35.6. The molecule has 0 unspecified atom stereocenters. The average molecular weight is 586 g/mol. The summed E-state index contributed by atoms with van der Waals surface area (Å²) in [5.41, 5.74) is 7.15. The summed E-state index contributed by atoms with van der Waals surface area (Å²) in [6.07, 6.45) is 2.09. The second kappa shape index (κ2) is 16.3. The molecule has 218 valence electrons. The lowest BCUT2D eigenvalue weighted by Gasteiger charge is -2.36. The van der Waals surface area contributed by atoms with Crippen molar-refractivity contribution in [2.45, 2.75) is 45.3 Å². The predicted octanol–water partition coefficient (Wildman–Crippen LogP) is 3.68. The number of nitrogens with two attached hydrogens (primary N) is 1. The molecule has 0 radical (unpaired) electrons. The Hall–Kier alpha value is -2.04. The fourth-order valence-corrected chi connectivity index (χ4v) is 5.95. The predicted molar refractivity (Wildman–Crippen MR) is 151 cm³/mol. The van der Waals surface area contributed by atoms with E-state index in [9.17, 15) is 28.7 Å². The normalized spacial score (nSPS) is 13.0. The number of hydrogen-bond acceptors (Lipinski definition) is 7. The summed E-state index contributed by atoms with van der Waals surface area (Å²) in [6, 6.07) is 13.9. The lowest BCUT2D eigenvalue weighted by atomic mass is 10.1. The van der Waals surface area contributed by atoms with Crippen molar-refractivity contribution in [1.29, 1.82) is 0 Å². The van der Waals surface area contributed by atoms with Gasteiger partial charge in [0.1, 0.15) is 24.1 Å². The maximum absolute atomic E-state index is 12.2. The van der Waals surface area contributed by atoms with E-state index >= 15 is 0 Å². The summed E-state index contributed by atoms with van der Waals surface area (Å²) in [6.45, 7) is 6.78. The Labute approximate surface area is 230 Å². The van der Waals surface area contributed by atoms with Gasteiger partial charge in [-0.1, -0.05) is 49.4 Å². The molecule has 0 aromatic heterocycles. The Morgan fingerprint density at radius 3 is 2.08 bits per heavy atom. The SMILES string of the molecule is C=COc1ccccc1CN(CP(=O)(O)O)[C@@H](CCCCN)CN(Cc1ccccc1OCC)CP(=O)(O)O. The van der Waals surface area contributed by atoms with Gasteiger partial charge in [-0.15, -0.1) is 0 Å². The highest BCUT2D eigenvalue weighted by molar-refractivity contribution is 7.51. The Morgan fingerprint density at radius 2 is 1.51 bits per heavy atom. The van der Waals surface area contributed by atoms with Crippen LogP contribution in [0.15, 0.2) is 61.4 Å². The molecule has 0 heterocycles. The van der Waals surface area contributed by atoms with Gasteiger partial charge in [0.15, 0.2) is 0 Å². The van der Waals surface area contributed by atoms with Gasteiger partial charge in [0.25, 0.3) is 0 Å². The molecule has 0 saturated heterocycles. The lowest BCUT2D eigenvalue weighted by molar-refractivity contribution is 0.133. The Bertz CT molecular complexity index is 1120. The average Bonchev–Trinajstić information content (AvgIpc) is 2.84. The van der Waals surface area contributed by atoms with Gasteiger partial charge in [-0.3, -0.25) is 18.9 Å². The van der Waals surface area contributed by atoms with Crippen LogP contribution in [0.3, 0.4) is 0 Å². The third-order valence-electron chi connectivity index (χ3n) is 5.95. The standard InChI is InChI=1S/C26H41N3O8P2/c1-3-36-25-14-7-5-11-22(25)17-28(20-38(30,31)32)19-24(13-9-10-16-27)29(21-39(33,34)35)18-23-12-6-8-15-26(23)37-4-2/h4-8,11-12,14-15,24H,2-3,9-10,13,16-21,27H2,1H3,(H2,30,31,32)(H2,33,34,35)/t24-/m0/s1. The molecule has 2 aromatic carbocycles. The fourth-order valence-electron chi connectivity index (χ4n) is 4.41. The van der Waals surface area contributed by atoms with Gasteiger partial charge >= 0.3 is 15.2 Å². The van der Waals surface area contributed by atoms with Crippen LogP contribution in [0.2, 0.25) is 0 Å². The van der Waals surface area contributed by atoms with E-state index in [2.05, 4.69) is 6.58 Å². The van der Waals surface area contributed by atoms with E-state index in [0.29, 0.717) is 49.5 Å². The smallest absolute Gasteiger partial charge is 0.339 e. The zero-order valence-electron chi connectivity index (χ0n) is 22.3. The Balaban J connectivity index is 2.46. The van der Waals surface area contributed by atoms with Crippen molar-refractivity contribution in [2.75, 3.05) is 32.3 Å². The third kappa shape index (κ3) is 12.8. The molecule has 2 rings (SSSR count). The van der Waals surface area contributed by atoms with Crippen LogP contribution in [-0.2, 0) is 22.2 Å². The van der Waals surface area contributed by atoms with Crippen LogP contribution in [0, 0.1) is 0 Å². The van der Waals surface area contributed by atoms with Gasteiger partial charge in [0.05, 0.1) is 12.9 Å². The Kier molecular flexibility index (Phi) is 13.8. The number of unbranched alkanes of at least 4 members (excludes halogenated alkanes) is 1. The third-order valence-corrected chi connectivity index (χ3v) is 7.45. The van der Waals surface area contributed by atoms with Gasteiger partial charge in [0.2, 0.25) is 0 Å². The van der Waals surface area contributed by atoms with Gasteiger partial charge in [-0.25, -0.2) is 0 Å². The van der Waals surface area contributed by atoms with Crippen LogP contribution in [0.1, 0.15) is 37.3 Å². The van der Waals surface area contributed by atoms with Crippen molar-refractivity contribution < 1.29 is 38.2 Å². The van der Waals surface area contributed by atoms with Crippen molar-refractivity contribution in [3.8, 4) is 11.5 Å². The topological polar surface area (TPSA) is 166 Å². The number of rotatable bonds is 19. The molecule has 1 atom stereocenters. The maximum atomic E-state index is 12.2. The Morgan fingerprint density at radius 1 is 0.923 bits per heavy atom. The number of benzene rings is 2. The zero-order chi connectivity index (χ0) is 28.9. The fraction of sp³-hybridized carbons (Fsp3) is 0.462. The first-order valence-corrected chi connectivity index (χ1v) is 16.4. The molecule has 0 aliphatic heterocycles. The number of hydrogen-bond donors (Lipinski definition) is 5. The summed E-state index contributed by atoms with van der Waals surface area (Å²) in [5, 5.41) is 0. The monoisotopic (exact) mass is 585 g/mol. The molecule has 0 aliphatic rings. The lowest BCUT2D eigenvalue weighted by Crippen LogP contribution is -2.44. The molecule has 39 heavy (non-hydrogen) atoms. The van der Waals surface area contributed by atoms with Crippen molar-refractivity contribution in [1.82, 2.24) is 9.80 Å². The van der Waals surface area contributed by atoms with Crippen molar-refractivity contribution in [2.24, 2.45) is 5.73 Å². The highest BCUT2D eigenvalue weighted by Crippen LogP contribution is 2.39. The second-order valence-corrected chi connectivity index (χ2v) is 12.5. The second-order valence-electron chi connectivity index (χ2n) is 9.24. The van der Waals surface area contributed by atoms with Crippen LogP contribution < -0.4 is 15.2 Å². The molecular formula is C26H41N3O8P2. The van der Waals surface area contributed by atoms with Crippen LogP contribution in [-0.4, -0.2) is 67.7 Å². The van der Waals surface area contributed by atoms with E-state index in [-0.39, 0.29) is 19.6 Å². The molecule has 0 spiro atoms. The van der Waals surface area contributed by atoms with E-state index in [0.717, 1.165) is 5.56 Å². The van der Waals surface area contributed by atoms with Crippen molar-refractivity contribution in [3.63, 3.8) is 0 Å². The van der Waals surface area contributed by atoms with Gasteiger partial charge < -0.3 is 34.8 Å². The number of nitrogens with zero attached hydrogens (tertiary/aromatic N) is 2. The molecule has 11 nitrogen and oxygen atoms in total. The van der Waals surface area contributed by atoms with Crippen LogP contribution in [0.4, 0.5) is 0 Å². The van der Waals surface area contributed by atoms with E-state index in [1.165, 1.54) is 6.26 Å². The highest BCUT2D eigenvalue weighted by atomic mass is 31.2. The van der Waals surface area contributed by atoms with E-state index in [1.807, 2.05) is 25.1 Å². The van der Waals surface area contributed by atoms with Crippen molar-refractivity contribution in [3.05, 3.63) is 72.5 Å². The maximum Gasteiger partial charge on any atom is 0.339 e. The number of ether oxygens (including phenoxy) is 2. The molecule has 0 aliphatic carbocycles. The minimum atomic E-state index is -4.50. The highest BCUT2D eigenvalue weighted by Gasteiger charge is 2.30. The summed E-state index contributed by atoms with van der Waals surface area (Å²) >= 11 is 0. The van der Waals surface area contributed by atoms with Crippen LogP contribution in [0.25, 0.3) is 0 Å². The molecule has 0 amide bonds. The molecule has 2 aromatic rings. The molecular weight excluding hydrogens is 544 g/mol. The quantitative estimate of drug-likeness (QED) is 0.0927. The number of para-hydroxylation sites is 2. The summed E-state index contributed by atoms with van der Waals surface area (Å²) in [7, 11) is -8.97. The van der Waals surface area contributed by atoms with Crippen LogP contribution >= 0.6 is 15.2 Å². The van der Waals surface area contributed by atoms with Gasteiger partial charge in [-0.05, 0) is 38.4 Å². The van der Waals surface area contributed by atoms with E-state index < -0.39 is 33.8 Å². The van der Waals surface area contributed by atoms with Gasteiger partial charge in [-0.2, -0.15) is 0 Å². The first-order valence-electron chi connectivity index (χ1n) is 12.8. The summed E-state index contributed by atoms with van der Waals surface area (Å²) in [4.78, 5) is 42.9. The molecule has 13 heteroatoms. The van der Waals surface area contributed by atoms with E-state index in [1.54, 1.807) is 40.1 Å². The van der Waals surface area contributed by atoms with Crippen molar-refractivity contribution >= 4 is 15.2 Å². The molecule has 0 bridgehead atoms. The molecule has 0 fully saturated rings.